The van der Waals surface area contributed by atoms with E-state index in [0.717, 1.165) is 18.4 Å². The average Bonchev–Trinajstić information content (AvgIpc) is 2.93. The molecule has 0 unspecified atom stereocenters. The zero-order valence-corrected chi connectivity index (χ0v) is 13.2. The van der Waals surface area contributed by atoms with Crippen molar-refractivity contribution in [1.82, 2.24) is 5.32 Å². The molecular formula is C16H20ClNO4. The van der Waals surface area contributed by atoms with Crippen molar-refractivity contribution in [2.75, 3.05) is 7.11 Å². The van der Waals surface area contributed by atoms with Crippen molar-refractivity contribution >= 4 is 23.5 Å². The molecule has 1 saturated carbocycles. The molecule has 1 aromatic rings. The summed E-state index contributed by atoms with van der Waals surface area (Å²) in [5.41, 5.74) is 0.946. The van der Waals surface area contributed by atoms with Crippen molar-refractivity contribution in [2.45, 2.75) is 38.1 Å². The van der Waals surface area contributed by atoms with Gasteiger partial charge in [0.15, 0.2) is 0 Å². The number of halogens is 1. The topological polar surface area (TPSA) is 75.6 Å². The van der Waals surface area contributed by atoms with Gasteiger partial charge in [-0.3, -0.25) is 9.59 Å². The van der Waals surface area contributed by atoms with E-state index >= 15 is 0 Å². The number of hydrogen-bond donors (Lipinski definition) is 2. The molecule has 2 N–H and O–H groups in total. The number of carboxylic acid groups (broad SMARTS) is 1. The van der Waals surface area contributed by atoms with E-state index in [4.69, 9.17) is 21.4 Å². The van der Waals surface area contributed by atoms with Gasteiger partial charge in [0.05, 0.1) is 18.1 Å². The molecule has 0 spiro atoms. The molecule has 120 valence electrons. The van der Waals surface area contributed by atoms with Gasteiger partial charge in [-0.2, -0.15) is 0 Å². The van der Waals surface area contributed by atoms with Crippen LogP contribution < -0.4 is 10.1 Å². The van der Waals surface area contributed by atoms with Crippen LogP contribution in [-0.2, 0) is 16.0 Å². The van der Waals surface area contributed by atoms with Gasteiger partial charge >= 0.3 is 5.97 Å². The number of hydrogen-bond acceptors (Lipinski definition) is 3. The minimum absolute atomic E-state index is 0.120. The van der Waals surface area contributed by atoms with E-state index in [9.17, 15) is 9.59 Å². The second kappa shape index (κ2) is 7.49. The minimum atomic E-state index is -0.829. The highest BCUT2D eigenvalue weighted by Gasteiger charge is 2.33. The van der Waals surface area contributed by atoms with Crippen LogP contribution >= 0.6 is 11.6 Å². The molecule has 0 heterocycles. The first-order valence-corrected chi connectivity index (χ1v) is 7.73. The van der Waals surface area contributed by atoms with E-state index in [1.807, 2.05) is 6.07 Å². The third kappa shape index (κ3) is 4.13. The van der Waals surface area contributed by atoms with Crippen LogP contribution in [0.2, 0.25) is 5.02 Å². The highest BCUT2D eigenvalue weighted by atomic mass is 35.5. The van der Waals surface area contributed by atoms with Crippen LogP contribution in [-0.4, -0.2) is 30.1 Å². The Labute approximate surface area is 134 Å². The summed E-state index contributed by atoms with van der Waals surface area (Å²) in [6.07, 6.45) is 3.08. The number of benzene rings is 1. The number of carboxylic acids is 1. The van der Waals surface area contributed by atoms with Crippen molar-refractivity contribution in [1.29, 1.82) is 0 Å². The summed E-state index contributed by atoms with van der Waals surface area (Å²) in [6, 6.07) is 5.17. The molecular weight excluding hydrogens is 306 g/mol. The summed E-state index contributed by atoms with van der Waals surface area (Å²) in [5, 5.41) is 12.5. The average molecular weight is 326 g/mol. The van der Waals surface area contributed by atoms with Crippen molar-refractivity contribution < 1.29 is 19.4 Å². The van der Waals surface area contributed by atoms with Gasteiger partial charge < -0.3 is 15.2 Å². The lowest BCUT2D eigenvalue weighted by Gasteiger charge is -2.17. The number of carbonyl (C=O) groups excluding carboxylic acids is 1. The molecule has 1 aliphatic carbocycles. The number of rotatable bonds is 6. The van der Waals surface area contributed by atoms with Crippen LogP contribution in [0, 0.1) is 5.92 Å². The van der Waals surface area contributed by atoms with Crippen LogP contribution in [0.4, 0.5) is 0 Å². The van der Waals surface area contributed by atoms with E-state index in [1.54, 1.807) is 19.2 Å². The summed E-state index contributed by atoms with van der Waals surface area (Å²) in [7, 11) is 1.55. The Morgan fingerprint density at radius 2 is 2.18 bits per heavy atom. The van der Waals surface area contributed by atoms with Gasteiger partial charge in [-0.15, -0.1) is 0 Å². The summed E-state index contributed by atoms with van der Waals surface area (Å²) in [4.78, 5) is 23.1. The third-order valence-corrected chi connectivity index (χ3v) is 4.33. The molecule has 0 aliphatic heterocycles. The quantitative estimate of drug-likeness (QED) is 0.843. The van der Waals surface area contributed by atoms with E-state index in [2.05, 4.69) is 5.32 Å². The van der Waals surface area contributed by atoms with E-state index in [-0.39, 0.29) is 11.9 Å². The van der Waals surface area contributed by atoms with Crippen molar-refractivity contribution in [3.8, 4) is 5.75 Å². The monoisotopic (exact) mass is 325 g/mol. The molecule has 0 saturated heterocycles. The molecule has 1 amide bonds. The summed E-state index contributed by atoms with van der Waals surface area (Å²) in [6.45, 7) is 0. The number of carbonyl (C=O) groups is 2. The molecule has 1 fully saturated rings. The maximum Gasteiger partial charge on any atom is 0.308 e. The molecule has 22 heavy (non-hydrogen) atoms. The molecule has 0 bridgehead atoms. The molecule has 1 aliphatic rings. The number of nitrogens with one attached hydrogen (secondary N) is 1. The Kier molecular flexibility index (Phi) is 5.66. The second-order valence-electron chi connectivity index (χ2n) is 5.52. The maximum atomic E-state index is 12.0. The fourth-order valence-electron chi connectivity index (χ4n) is 2.83. The molecule has 6 heteroatoms. The predicted octanol–water partition coefficient (Wildman–Crippen LogP) is 2.65. The normalized spacial score (nSPS) is 20.6. The van der Waals surface area contributed by atoms with Crippen LogP contribution in [0.25, 0.3) is 0 Å². The van der Waals surface area contributed by atoms with Crippen molar-refractivity contribution in [2.24, 2.45) is 5.92 Å². The molecule has 5 nitrogen and oxygen atoms in total. The lowest BCUT2D eigenvalue weighted by molar-refractivity contribution is -0.142. The van der Waals surface area contributed by atoms with Gasteiger partial charge in [-0.25, -0.2) is 0 Å². The highest BCUT2D eigenvalue weighted by molar-refractivity contribution is 6.32. The Morgan fingerprint density at radius 3 is 2.82 bits per heavy atom. The number of aryl methyl sites for hydroxylation is 1. The fraction of sp³-hybridized carbons (Fsp3) is 0.500. The van der Waals surface area contributed by atoms with Crippen LogP contribution in [0.3, 0.4) is 0 Å². The van der Waals surface area contributed by atoms with Gasteiger partial charge in [0, 0.05) is 12.5 Å². The molecule has 0 aromatic heterocycles. The summed E-state index contributed by atoms with van der Waals surface area (Å²) < 4.78 is 5.08. The Hall–Kier alpha value is -1.75. The maximum absolute atomic E-state index is 12.0. The molecule has 2 rings (SSSR count). The molecule has 2 atom stereocenters. The van der Waals surface area contributed by atoms with Gasteiger partial charge in [0.25, 0.3) is 0 Å². The van der Waals surface area contributed by atoms with Gasteiger partial charge in [-0.1, -0.05) is 24.1 Å². The zero-order valence-electron chi connectivity index (χ0n) is 12.5. The summed E-state index contributed by atoms with van der Waals surface area (Å²) in [5.74, 6) is -0.806. The van der Waals surface area contributed by atoms with Gasteiger partial charge in [-0.05, 0) is 37.0 Å². The molecule has 1 aromatic carbocycles. The number of methoxy groups -OCH3 is 1. The zero-order chi connectivity index (χ0) is 16.1. The minimum Gasteiger partial charge on any atom is -0.495 e. The fourth-order valence-corrected chi connectivity index (χ4v) is 3.11. The van der Waals surface area contributed by atoms with E-state index in [1.165, 1.54) is 0 Å². The first-order chi connectivity index (χ1) is 10.5. The van der Waals surface area contributed by atoms with Crippen LogP contribution in [0.5, 0.6) is 5.75 Å². The van der Waals surface area contributed by atoms with Crippen LogP contribution in [0.1, 0.15) is 31.2 Å². The Balaban J connectivity index is 1.85. The second-order valence-corrected chi connectivity index (χ2v) is 5.93. The van der Waals surface area contributed by atoms with Crippen molar-refractivity contribution in [3.63, 3.8) is 0 Å². The van der Waals surface area contributed by atoms with Crippen molar-refractivity contribution in [3.05, 3.63) is 28.8 Å². The van der Waals surface area contributed by atoms with Crippen LogP contribution in [0.15, 0.2) is 18.2 Å². The standard InChI is InChI=1S/C16H20ClNO4/c1-22-14-7-5-10(9-12(14)17)6-8-15(19)18-13-4-2-3-11(13)16(20)21/h5,7,9,11,13H,2-4,6,8H2,1H3,(H,18,19)(H,20,21)/t11-,13+/m0/s1. The third-order valence-electron chi connectivity index (χ3n) is 4.04. The number of aliphatic carboxylic acids is 1. The van der Waals surface area contributed by atoms with E-state index < -0.39 is 11.9 Å². The lowest BCUT2D eigenvalue weighted by atomic mass is 10.0. The Morgan fingerprint density at radius 1 is 1.41 bits per heavy atom. The SMILES string of the molecule is COc1ccc(CCC(=O)N[C@@H]2CCC[C@@H]2C(=O)O)cc1Cl. The Bertz CT molecular complexity index is 561. The molecule has 0 radical (unpaired) electrons. The summed E-state index contributed by atoms with van der Waals surface area (Å²) >= 11 is 6.05. The van der Waals surface area contributed by atoms with Gasteiger partial charge in [0.1, 0.15) is 5.75 Å². The number of amides is 1. The smallest absolute Gasteiger partial charge is 0.308 e. The first-order valence-electron chi connectivity index (χ1n) is 7.36. The largest absolute Gasteiger partial charge is 0.495 e. The highest BCUT2D eigenvalue weighted by Crippen LogP contribution is 2.27. The van der Waals surface area contributed by atoms with Gasteiger partial charge in [0.2, 0.25) is 5.91 Å². The van der Waals surface area contributed by atoms with E-state index in [0.29, 0.717) is 30.0 Å². The number of ether oxygens (including phenoxy) is 1. The predicted molar refractivity (Wildman–Crippen MR) is 83.2 cm³/mol. The first kappa shape index (κ1) is 16.6. The lowest BCUT2D eigenvalue weighted by Crippen LogP contribution is -2.40.